The van der Waals surface area contributed by atoms with Gasteiger partial charge in [0.15, 0.2) is 0 Å². The lowest BCUT2D eigenvalue weighted by molar-refractivity contribution is 0.197. The highest BCUT2D eigenvalue weighted by Gasteiger charge is 2.27. The summed E-state index contributed by atoms with van der Waals surface area (Å²) in [6.45, 7) is 17.7. The standard InChI is InChI=1S/C30H42N2O4.ClH/c1-8-32(14-15-33)19-21-9-11-24(12-10-21)35-16-13-23-20-36-28(31-23)22-17-25(29(2,3)4)27(34)26(18-22)30(5,6)7;/h9-12,17-18,20,33-34H,8,13-16,19H2,1-7H3;1H. The molecule has 0 amide bonds. The van der Waals surface area contributed by atoms with Gasteiger partial charge in [-0.15, -0.1) is 12.4 Å². The quantitative estimate of drug-likeness (QED) is 0.311. The Bertz CT molecular complexity index is 1090. The van der Waals surface area contributed by atoms with Gasteiger partial charge >= 0.3 is 0 Å². The van der Waals surface area contributed by atoms with E-state index in [9.17, 15) is 5.11 Å². The van der Waals surface area contributed by atoms with Crippen molar-refractivity contribution in [1.82, 2.24) is 9.88 Å². The fraction of sp³-hybridized carbons (Fsp3) is 0.500. The molecule has 3 aromatic rings. The van der Waals surface area contributed by atoms with Crippen molar-refractivity contribution >= 4 is 12.4 Å². The van der Waals surface area contributed by atoms with Crippen LogP contribution in [0.15, 0.2) is 47.1 Å². The Labute approximate surface area is 228 Å². The van der Waals surface area contributed by atoms with Crippen LogP contribution in [0.1, 0.15) is 70.9 Å². The van der Waals surface area contributed by atoms with E-state index in [1.165, 1.54) is 5.56 Å². The van der Waals surface area contributed by atoms with Gasteiger partial charge in [-0.3, -0.25) is 4.90 Å². The number of hydrogen-bond donors (Lipinski definition) is 2. The zero-order valence-electron chi connectivity index (χ0n) is 23.3. The number of aliphatic hydroxyl groups is 1. The lowest BCUT2D eigenvalue weighted by Gasteiger charge is -2.27. The third kappa shape index (κ3) is 8.22. The van der Waals surface area contributed by atoms with Gasteiger partial charge in [0, 0.05) is 36.2 Å². The molecule has 3 rings (SSSR count). The molecule has 0 bridgehead atoms. The van der Waals surface area contributed by atoms with Gasteiger partial charge < -0.3 is 19.4 Å². The second kappa shape index (κ2) is 12.8. The first-order chi connectivity index (χ1) is 16.9. The van der Waals surface area contributed by atoms with E-state index in [0.29, 0.717) is 31.2 Å². The molecule has 1 heterocycles. The van der Waals surface area contributed by atoms with E-state index in [0.717, 1.165) is 41.2 Å². The minimum Gasteiger partial charge on any atom is -0.507 e. The number of aromatic hydroxyl groups is 1. The molecule has 0 atom stereocenters. The summed E-state index contributed by atoms with van der Waals surface area (Å²) in [7, 11) is 0. The van der Waals surface area contributed by atoms with Gasteiger partial charge in [-0.2, -0.15) is 0 Å². The number of likely N-dealkylation sites (N-methyl/N-ethyl adjacent to an activating group) is 1. The van der Waals surface area contributed by atoms with E-state index in [4.69, 9.17) is 19.2 Å². The SMILES string of the molecule is CCN(CCO)Cc1ccc(OCCc2coc(-c3cc(C(C)(C)C)c(O)c(C(C)(C)C)c3)n2)cc1.Cl. The zero-order valence-corrected chi connectivity index (χ0v) is 24.1. The Morgan fingerprint density at radius 1 is 0.973 bits per heavy atom. The Kier molecular flexibility index (Phi) is 10.6. The fourth-order valence-electron chi connectivity index (χ4n) is 4.17. The lowest BCUT2D eigenvalue weighted by Crippen LogP contribution is -2.25. The zero-order chi connectivity index (χ0) is 26.5. The van der Waals surface area contributed by atoms with E-state index in [1.54, 1.807) is 6.26 Å². The topological polar surface area (TPSA) is 79.0 Å². The van der Waals surface area contributed by atoms with Crippen LogP contribution in [0.3, 0.4) is 0 Å². The summed E-state index contributed by atoms with van der Waals surface area (Å²) in [4.78, 5) is 6.90. The highest BCUT2D eigenvalue weighted by molar-refractivity contribution is 5.85. The van der Waals surface area contributed by atoms with E-state index < -0.39 is 0 Å². The van der Waals surface area contributed by atoms with Gasteiger partial charge in [-0.1, -0.05) is 60.6 Å². The number of aromatic nitrogens is 1. The molecule has 0 saturated heterocycles. The molecule has 0 saturated carbocycles. The van der Waals surface area contributed by atoms with Crippen LogP contribution in [0, 0.1) is 0 Å². The van der Waals surface area contributed by atoms with E-state index >= 15 is 0 Å². The molecule has 0 fully saturated rings. The smallest absolute Gasteiger partial charge is 0.226 e. The number of rotatable bonds is 10. The minimum atomic E-state index is -0.216. The number of oxazole rings is 1. The lowest BCUT2D eigenvalue weighted by atomic mass is 9.78. The van der Waals surface area contributed by atoms with Crippen LogP contribution < -0.4 is 4.74 Å². The molecule has 0 aliphatic rings. The summed E-state index contributed by atoms with van der Waals surface area (Å²) < 4.78 is 11.8. The molecular weight excluding hydrogens is 488 g/mol. The van der Waals surface area contributed by atoms with Crippen molar-refractivity contribution < 1.29 is 19.4 Å². The largest absolute Gasteiger partial charge is 0.507 e. The number of phenolic OH excluding ortho intramolecular Hbond substituents is 1. The maximum atomic E-state index is 11.0. The highest BCUT2D eigenvalue weighted by Crippen LogP contribution is 2.41. The second-order valence-corrected chi connectivity index (χ2v) is 11.4. The first kappa shape index (κ1) is 30.7. The average molecular weight is 531 g/mol. The number of nitrogens with zero attached hydrogens (tertiary/aromatic N) is 2. The van der Waals surface area contributed by atoms with Gasteiger partial charge in [0.25, 0.3) is 0 Å². The molecule has 204 valence electrons. The Balaban J connectivity index is 0.00000481. The van der Waals surface area contributed by atoms with Gasteiger partial charge in [-0.25, -0.2) is 4.98 Å². The summed E-state index contributed by atoms with van der Waals surface area (Å²) >= 11 is 0. The van der Waals surface area contributed by atoms with Crippen LogP contribution in [-0.2, 0) is 23.8 Å². The predicted molar refractivity (Wildman–Crippen MR) is 152 cm³/mol. The van der Waals surface area contributed by atoms with Gasteiger partial charge in [0.05, 0.1) is 18.9 Å². The van der Waals surface area contributed by atoms with Gasteiger partial charge in [0.2, 0.25) is 5.89 Å². The molecule has 2 aromatic carbocycles. The molecule has 0 spiro atoms. The number of hydrogen-bond acceptors (Lipinski definition) is 6. The highest BCUT2D eigenvalue weighted by atomic mass is 35.5. The van der Waals surface area contributed by atoms with Crippen LogP contribution in [0.25, 0.3) is 11.5 Å². The molecular formula is C30H43ClN2O4. The van der Waals surface area contributed by atoms with Crippen molar-refractivity contribution in [1.29, 1.82) is 0 Å². The maximum Gasteiger partial charge on any atom is 0.226 e. The number of halogens is 1. The van der Waals surface area contributed by atoms with E-state index in [2.05, 4.69) is 65.5 Å². The van der Waals surface area contributed by atoms with E-state index in [1.807, 2.05) is 24.3 Å². The average Bonchev–Trinajstić information content (AvgIpc) is 3.27. The molecule has 0 aliphatic carbocycles. The molecule has 0 unspecified atom stereocenters. The van der Waals surface area contributed by atoms with Crippen LogP contribution in [-0.4, -0.2) is 46.4 Å². The Hall–Kier alpha value is -2.54. The molecule has 0 aliphatic heterocycles. The van der Waals surface area contributed by atoms with Crippen LogP contribution >= 0.6 is 12.4 Å². The van der Waals surface area contributed by atoms with Crippen molar-refractivity contribution in [3.63, 3.8) is 0 Å². The number of phenols is 1. The fourth-order valence-corrected chi connectivity index (χ4v) is 4.17. The monoisotopic (exact) mass is 530 g/mol. The number of aliphatic hydroxyl groups excluding tert-OH is 1. The van der Waals surface area contributed by atoms with Crippen molar-refractivity contribution in [2.75, 3.05) is 26.3 Å². The molecule has 0 radical (unpaired) electrons. The molecule has 1 aromatic heterocycles. The van der Waals surface area contributed by atoms with Crippen molar-refractivity contribution in [2.45, 2.75) is 72.3 Å². The van der Waals surface area contributed by atoms with Crippen LogP contribution in [0.2, 0.25) is 0 Å². The summed E-state index contributed by atoms with van der Waals surface area (Å²) in [6.07, 6.45) is 2.31. The Morgan fingerprint density at radius 3 is 2.08 bits per heavy atom. The molecule has 7 heteroatoms. The number of benzene rings is 2. The van der Waals surface area contributed by atoms with Gasteiger partial charge in [0.1, 0.15) is 17.8 Å². The second-order valence-electron chi connectivity index (χ2n) is 11.4. The van der Waals surface area contributed by atoms with Crippen LogP contribution in [0.5, 0.6) is 11.5 Å². The maximum absolute atomic E-state index is 11.0. The van der Waals surface area contributed by atoms with Crippen molar-refractivity contribution in [3.8, 4) is 23.0 Å². The number of ether oxygens (including phenoxy) is 1. The summed E-state index contributed by atoms with van der Waals surface area (Å²) in [6, 6.07) is 12.1. The van der Waals surface area contributed by atoms with Gasteiger partial charge in [-0.05, 0) is 47.2 Å². The summed E-state index contributed by atoms with van der Waals surface area (Å²) in [5.74, 6) is 1.71. The Morgan fingerprint density at radius 2 is 1.57 bits per heavy atom. The van der Waals surface area contributed by atoms with E-state index in [-0.39, 0.29) is 29.8 Å². The molecule has 2 N–H and O–H groups in total. The predicted octanol–water partition coefficient (Wildman–Crippen LogP) is 6.50. The first-order valence-corrected chi connectivity index (χ1v) is 12.8. The summed E-state index contributed by atoms with van der Waals surface area (Å²) in [5.41, 5.74) is 4.22. The first-order valence-electron chi connectivity index (χ1n) is 12.8. The third-order valence-corrected chi connectivity index (χ3v) is 6.34. The molecule has 6 nitrogen and oxygen atoms in total. The van der Waals surface area contributed by atoms with Crippen LogP contribution in [0.4, 0.5) is 0 Å². The third-order valence-electron chi connectivity index (χ3n) is 6.34. The summed E-state index contributed by atoms with van der Waals surface area (Å²) in [5, 5.41) is 20.1. The van der Waals surface area contributed by atoms with Crippen molar-refractivity contribution in [3.05, 3.63) is 65.0 Å². The minimum absolute atomic E-state index is 0. The molecule has 37 heavy (non-hydrogen) atoms. The van der Waals surface area contributed by atoms with Crippen molar-refractivity contribution in [2.24, 2.45) is 0 Å². The normalized spacial score (nSPS) is 12.0.